The van der Waals surface area contributed by atoms with Crippen LogP contribution in [0, 0.1) is 5.92 Å². The number of carbonyl (C=O) groups excluding carboxylic acids is 1. The molecule has 1 aliphatic heterocycles. The van der Waals surface area contributed by atoms with Gasteiger partial charge in [0.1, 0.15) is 6.29 Å². The summed E-state index contributed by atoms with van der Waals surface area (Å²) in [4.78, 5) is 10.3. The minimum atomic E-state index is -0.264. The molecular weight excluding hydrogens is 168 g/mol. The fraction of sp³-hybridized carbons (Fsp3) is 0.900. The van der Waals surface area contributed by atoms with Crippen LogP contribution in [-0.4, -0.2) is 25.3 Å². The fourth-order valence-electron chi connectivity index (χ4n) is 2.27. The molecule has 0 bridgehead atoms. The lowest BCUT2D eigenvalue weighted by molar-refractivity contribution is -0.182. The average molecular weight is 184 g/mol. The summed E-state index contributed by atoms with van der Waals surface area (Å²) in [5, 5.41) is 0. The van der Waals surface area contributed by atoms with Gasteiger partial charge in [-0.05, 0) is 18.8 Å². The summed E-state index contributed by atoms with van der Waals surface area (Å²) in [7, 11) is 0. The highest BCUT2D eigenvalue weighted by Gasteiger charge is 2.39. The second kappa shape index (κ2) is 3.76. The first-order valence-electron chi connectivity index (χ1n) is 5.06. The Kier molecular flexibility index (Phi) is 2.65. The fourth-order valence-corrected chi connectivity index (χ4v) is 2.27. The third kappa shape index (κ3) is 1.92. The molecule has 74 valence electrons. The zero-order chi connectivity index (χ0) is 9.15. The van der Waals surface area contributed by atoms with Gasteiger partial charge >= 0.3 is 0 Å². The molecule has 2 rings (SSSR count). The highest BCUT2D eigenvalue weighted by molar-refractivity contribution is 5.49. The molecule has 1 saturated heterocycles. The van der Waals surface area contributed by atoms with Crippen molar-refractivity contribution in [2.24, 2.45) is 5.92 Å². The van der Waals surface area contributed by atoms with Gasteiger partial charge in [-0.15, -0.1) is 0 Å². The molecule has 2 aliphatic rings. The Labute approximate surface area is 78.4 Å². The normalized spacial score (nSPS) is 28.0. The van der Waals surface area contributed by atoms with Crippen LogP contribution in [0.2, 0.25) is 0 Å². The van der Waals surface area contributed by atoms with Gasteiger partial charge < -0.3 is 14.3 Å². The van der Waals surface area contributed by atoms with Gasteiger partial charge in [-0.25, -0.2) is 0 Å². The molecule has 0 aromatic carbocycles. The Morgan fingerprint density at radius 1 is 1.23 bits per heavy atom. The second-order valence-corrected chi connectivity index (χ2v) is 3.95. The van der Waals surface area contributed by atoms with Crippen molar-refractivity contribution in [1.82, 2.24) is 0 Å². The third-order valence-electron chi connectivity index (χ3n) is 3.11. The van der Waals surface area contributed by atoms with E-state index in [9.17, 15) is 4.79 Å². The van der Waals surface area contributed by atoms with Crippen molar-refractivity contribution in [3.8, 4) is 0 Å². The van der Waals surface area contributed by atoms with E-state index < -0.39 is 0 Å². The van der Waals surface area contributed by atoms with Crippen LogP contribution in [0.15, 0.2) is 0 Å². The van der Waals surface area contributed by atoms with Crippen LogP contribution in [0.25, 0.3) is 0 Å². The van der Waals surface area contributed by atoms with Gasteiger partial charge in [0.2, 0.25) is 0 Å². The first-order valence-corrected chi connectivity index (χ1v) is 5.06. The minimum absolute atomic E-state index is 0.264. The van der Waals surface area contributed by atoms with E-state index in [1.54, 1.807) is 0 Å². The average Bonchev–Trinajstić information content (AvgIpc) is 2.59. The van der Waals surface area contributed by atoms with Crippen molar-refractivity contribution < 1.29 is 14.3 Å². The van der Waals surface area contributed by atoms with Crippen LogP contribution in [-0.2, 0) is 14.3 Å². The highest BCUT2D eigenvalue weighted by atomic mass is 16.7. The van der Waals surface area contributed by atoms with E-state index in [0.29, 0.717) is 12.3 Å². The Morgan fingerprint density at radius 3 is 2.38 bits per heavy atom. The largest absolute Gasteiger partial charge is 0.348 e. The molecule has 13 heavy (non-hydrogen) atoms. The standard InChI is InChI=1S/C10H16O3/c11-6-3-9-1-4-10(5-2-9)12-7-8-13-10/h6,9H,1-5,7-8H2. The predicted molar refractivity (Wildman–Crippen MR) is 47.3 cm³/mol. The van der Waals surface area contributed by atoms with Crippen molar-refractivity contribution in [2.75, 3.05) is 13.2 Å². The molecule has 0 unspecified atom stereocenters. The molecule has 3 heteroatoms. The minimum Gasteiger partial charge on any atom is -0.348 e. The molecule has 0 N–H and O–H groups in total. The summed E-state index contributed by atoms with van der Waals surface area (Å²) in [6.07, 6.45) is 5.80. The molecule has 0 amide bonds. The van der Waals surface area contributed by atoms with Crippen molar-refractivity contribution in [3.05, 3.63) is 0 Å². The van der Waals surface area contributed by atoms with E-state index in [1.165, 1.54) is 0 Å². The van der Waals surface area contributed by atoms with Crippen LogP contribution in [0.1, 0.15) is 32.1 Å². The summed E-state index contributed by atoms with van der Waals surface area (Å²) < 4.78 is 11.2. The summed E-state index contributed by atoms with van der Waals surface area (Å²) in [6, 6.07) is 0. The first kappa shape index (κ1) is 9.16. The van der Waals surface area contributed by atoms with Crippen molar-refractivity contribution in [1.29, 1.82) is 0 Å². The van der Waals surface area contributed by atoms with E-state index in [1.807, 2.05) is 0 Å². The molecular formula is C10H16O3. The number of hydrogen-bond acceptors (Lipinski definition) is 3. The molecule has 1 spiro atoms. The van der Waals surface area contributed by atoms with Gasteiger partial charge in [0.15, 0.2) is 5.79 Å². The second-order valence-electron chi connectivity index (χ2n) is 3.95. The molecule has 2 fully saturated rings. The van der Waals surface area contributed by atoms with Crippen molar-refractivity contribution in [2.45, 2.75) is 37.9 Å². The highest BCUT2D eigenvalue weighted by Crippen LogP contribution is 2.38. The van der Waals surface area contributed by atoms with Gasteiger partial charge in [-0.2, -0.15) is 0 Å². The zero-order valence-corrected chi connectivity index (χ0v) is 7.83. The smallest absolute Gasteiger partial charge is 0.168 e. The maximum absolute atomic E-state index is 10.3. The Morgan fingerprint density at radius 2 is 1.85 bits per heavy atom. The number of hydrogen-bond donors (Lipinski definition) is 0. The van der Waals surface area contributed by atoms with Gasteiger partial charge in [-0.1, -0.05) is 0 Å². The van der Waals surface area contributed by atoms with E-state index >= 15 is 0 Å². The zero-order valence-electron chi connectivity index (χ0n) is 7.83. The predicted octanol–water partition coefficient (Wildman–Crippen LogP) is 1.51. The van der Waals surface area contributed by atoms with Gasteiger partial charge in [0.25, 0.3) is 0 Å². The monoisotopic (exact) mass is 184 g/mol. The third-order valence-corrected chi connectivity index (χ3v) is 3.11. The molecule has 0 radical (unpaired) electrons. The summed E-state index contributed by atoms with van der Waals surface area (Å²) in [5.41, 5.74) is 0. The summed E-state index contributed by atoms with van der Waals surface area (Å²) in [5.74, 6) is 0.301. The van der Waals surface area contributed by atoms with E-state index in [4.69, 9.17) is 9.47 Å². The molecule has 1 aliphatic carbocycles. The van der Waals surface area contributed by atoms with Crippen LogP contribution >= 0.6 is 0 Å². The summed E-state index contributed by atoms with van der Waals surface area (Å²) in [6.45, 7) is 1.47. The molecule has 0 aromatic rings. The maximum Gasteiger partial charge on any atom is 0.168 e. The molecule has 1 heterocycles. The van der Waals surface area contributed by atoms with Gasteiger partial charge in [-0.3, -0.25) is 0 Å². The molecule has 3 nitrogen and oxygen atoms in total. The van der Waals surface area contributed by atoms with Gasteiger partial charge in [0, 0.05) is 19.3 Å². The van der Waals surface area contributed by atoms with Crippen LogP contribution < -0.4 is 0 Å². The Balaban J connectivity index is 1.84. The van der Waals surface area contributed by atoms with Crippen molar-refractivity contribution >= 4 is 6.29 Å². The van der Waals surface area contributed by atoms with Crippen LogP contribution in [0.4, 0.5) is 0 Å². The number of carbonyl (C=O) groups is 1. The lowest BCUT2D eigenvalue weighted by Gasteiger charge is -2.34. The maximum atomic E-state index is 10.3. The lowest BCUT2D eigenvalue weighted by atomic mass is 9.83. The number of rotatable bonds is 2. The van der Waals surface area contributed by atoms with Gasteiger partial charge in [0.05, 0.1) is 13.2 Å². The van der Waals surface area contributed by atoms with E-state index in [-0.39, 0.29) is 5.79 Å². The SMILES string of the molecule is O=CCC1CCC2(CC1)OCCO2. The summed E-state index contributed by atoms with van der Waals surface area (Å²) >= 11 is 0. The Hall–Kier alpha value is -0.410. The number of aldehydes is 1. The molecule has 0 aromatic heterocycles. The first-order chi connectivity index (χ1) is 6.35. The Bertz CT molecular complexity index is 175. The molecule has 1 saturated carbocycles. The van der Waals surface area contributed by atoms with Crippen LogP contribution in [0.5, 0.6) is 0 Å². The van der Waals surface area contributed by atoms with E-state index in [2.05, 4.69) is 0 Å². The van der Waals surface area contributed by atoms with E-state index in [0.717, 1.165) is 45.2 Å². The van der Waals surface area contributed by atoms with Crippen molar-refractivity contribution in [3.63, 3.8) is 0 Å². The molecule has 0 atom stereocenters. The topological polar surface area (TPSA) is 35.5 Å². The van der Waals surface area contributed by atoms with Crippen LogP contribution in [0.3, 0.4) is 0 Å². The lowest BCUT2D eigenvalue weighted by Crippen LogP contribution is -2.35. The quantitative estimate of drug-likeness (QED) is 0.610. The number of ether oxygens (including phenoxy) is 2.